The number of anilines is 1. The van der Waals surface area contributed by atoms with Crippen LogP contribution in [0.3, 0.4) is 0 Å². The summed E-state index contributed by atoms with van der Waals surface area (Å²) in [4.78, 5) is 2.72. The minimum atomic E-state index is 0.423. The Hall–Kier alpha value is -1.99. The molecule has 2 aliphatic heterocycles. The van der Waals surface area contributed by atoms with E-state index in [4.69, 9.17) is 4.74 Å². The highest BCUT2D eigenvalue weighted by atomic mass is 16.5. The zero-order chi connectivity index (χ0) is 19.8. The molecule has 0 unspecified atom stereocenters. The molecular formula is C22H32N6O. The van der Waals surface area contributed by atoms with Crippen LogP contribution in [0.25, 0.3) is 11.3 Å². The molecule has 0 spiro atoms. The molecule has 4 heterocycles. The maximum Gasteiger partial charge on any atom is 0.148 e. The van der Waals surface area contributed by atoms with Crippen molar-refractivity contribution in [3.63, 3.8) is 0 Å². The van der Waals surface area contributed by atoms with Crippen LogP contribution in [0, 0.1) is 17.3 Å². The summed E-state index contributed by atoms with van der Waals surface area (Å²) < 4.78 is 7.31. The molecule has 5 rings (SSSR count). The predicted octanol–water partition coefficient (Wildman–Crippen LogP) is 2.82. The van der Waals surface area contributed by atoms with E-state index >= 15 is 0 Å². The van der Waals surface area contributed by atoms with Crippen molar-refractivity contribution >= 4 is 5.82 Å². The third-order valence-corrected chi connectivity index (χ3v) is 7.21. The Morgan fingerprint density at radius 3 is 2.79 bits per heavy atom. The van der Waals surface area contributed by atoms with Crippen LogP contribution in [0.5, 0.6) is 0 Å². The van der Waals surface area contributed by atoms with Gasteiger partial charge in [0.15, 0.2) is 0 Å². The smallest absolute Gasteiger partial charge is 0.148 e. The Balaban J connectivity index is 1.16. The SMILES string of the molecule is Cn1cc(-c2ccc(N[C@H]3C[C@@H]4CN(CC5CCOCC5)C[C@]4(C)C3)nn2)cn1. The summed E-state index contributed by atoms with van der Waals surface area (Å²) in [5.74, 6) is 2.49. The second-order valence-electron chi connectivity index (χ2n) is 9.59. The van der Waals surface area contributed by atoms with Gasteiger partial charge in [0.05, 0.1) is 11.9 Å². The largest absolute Gasteiger partial charge is 0.381 e. The molecule has 156 valence electrons. The lowest BCUT2D eigenvalue weighted by Gasteiger charge is -2.29. The van der Waals surface area contributed by atoms with E-state index < -0.39 is 0 Å². The van der Waals surface area contributed by atoms with Gasteiger partial charge in [-0.05, 0) is 55.1 Å². The van der Waals surface area contributed by atoms with E-state index in [0.29, 0.717) is 11.5 Å². The van der Waals surface area contributed by atoms with E-state index in [1.54, 1.807) is 4.68 Å². The minimum absolute atomic E-state index is 0.423. The highest BCUT2D eigenvalue weighted by Gasteiger charge is 2.49. The monoisotopic (exact) mass is 396 g/mol. The molecule has 3 atom stereocenters. The third-order valence-electron chi connectivity index (χ3n) is 7.21. The lowest BCUT2D eigenvalue weighted by Crippen LogP contribution is -2.33. The van der Waals surface area contributed by atoms with Gasteiger partial charge >= 0.3 is 0 Å². The van der Waals surface area contributed by atoms with Gasteiger partial charge in [-0.15, -0.1) is 10.2 Å². The van der Waals surface area contributed by atoms with Crippen LogP contribution in [0.4, 0.5) is 5.82 Å². The summed E-state index contributed by atoms with van der Waals surface area (Å²) in [6, 6.07) is 4.57. The molecule has 3 fully saturated rings. The second kappa shape index (κ2) is 7.69. The molecule has 3 aliphatic rings. The van der Waals surface area contributed by atoms with Crippen molar-refractivity contribution in [2.75, 3.05) is 38.2 Å². The molecule has 2 saturated heterocycles. The maximum atomic E-state index is 5.52. The number of hydrogen-bond donors (Lipinski definition) is 1. The molecule has 7 nitrogen and oxygen atoms in total. The van der Waals surface area contributed by atoms with Gasteiger partial charge < -0.3 is 15.0 Å². The third kappa shape index (κ3) is 4.03. The fourth-order valence-corrected chi connectivity index (χ4v) is 5.69. The summed E-state index contributed by atoms with van der Waals surface area (Å²) in [6.07, 6.45) is 8.69. The first-order valence-electron chi connectivity index (χ1n) is 11.0. The van der Waals surface area contributed by atoms with Gasteiger partial charge in [0, 0.05) is 57.7 Å². The lowest BCUT2D eigenvalue weighted by molar-refractivity contribution is 0.0539. The minimum Gasteiger partial charge on any atom is -0.381 e. The molecular weight excluding hydrogens is 364 g/mol. The van der Waals surface area contributed by atoms with Crippen LogP contribution in [0.15, 0.2) is 24.5 Å². The van der Waals surface area contributed by atoms with E-state index in [0.717, 1.165) is 42.1 Å². The molecule has 2 aromatic rings. The van der Waals surface area contributed by atoms with Crippen LogP contribution in [-0.4, -0.2) is 63.8 Å². The summed E-state index contributed by atoms with van der Waals surface area (Å²) in [5, 5.41) is 16.7. The van der Waals surface area contributed by atoms with Crippen molar-refractivity contribution in [1.29, 1.82) is 0 Å². The Morgan fingerprint density at radius 1 is 1.24 bits per heavy atom. The average molecular weight is 397 g/mol. The van der Waals surface area contributed by atoms with Gasteiger partial charge in [0.2, 0.25) is 0 Å². The van der Waals surface area contributed by atoms with E-state index in [-0.39, 0.29) is 0 Å². The van der Waals surface area contributed by atoms with Crippen LogP contribution in [-0.2, 0) is 11.8 Å². The first-order valence-corrected chi connectivity index (χ1v) is 11.0. The topological polar surface area (TPSA) is 68.1 Å². The van der Waals surface area contributed by atoms with Gasteiger partial charge in [-0.1, -0.05) is 6.92 Å². The molecule has 0 bridgehead atoms. The molecule has 0 radical (unpaired) electrons. The number of ether oxygens (including phenoxy) is 1. The van der Waals surface area contributed by atoms with Crippen molar-refractivity contribution < 1.29 is 4.74 Å². The number of rotatable bonds is 5. The summed E-state index contributed by atoms with van der Waals surface area (Å²) >= 11 is 0. The first kappa shape index (κ1) is 19.0. The van der Waals surface area contributed by atoms with Crippen molar-refractivity contribution in [1.82, 2.24) is 24.9 Å². The van der Waals surface area contributed by atoms with Crippen molar-refractivity contribution in [3.8, 4) is 11.3 Å². The molecule has 29 heavy (non-hydrogen) atoms. The molecule has 1 saturated carbocycles. The number of aryl methyl sites for hydroxylation is 1. The van der Waals surface area contributed by atoms with Crippen molar-refractivity contribution in [2.45, 2.75) is 38.6 Å². The zero-order valence-electron chi connectivity index (χ0n) is 17.5. The fourth-order valence-electron chi connectivity index (χ4n) is 5.69. The summed E-state index contributed by atoms with van der Waals surface area (Å²) in [7, 11) is 1.91. The van der Waals surface area contributed by atoms with Gasteiger partial charge in [0.1, 0.15) is 5.82 Å². The van der Waals surface area contributed by atoms with E-state index in [2.05, 4.69) is 32.4 Å². The average Bonchev–Trinajstić information content (AvgIpc) is 3.34. The zero-order valence-corrected chi connectivity index (χ0v) is 17.5. The molecule has 2 aromatic heterocycles. The van der Waals surface area contributed by atoms with E-state index in [1.807, 2.05) is 31.6 Å². The maximum absolute atomic E-state index is 5.52. The summed E-state index contributed by atoms with van der Waals surface area (Å²) in [5.41, 5.74) is 2.29. The predicted molar refractivity (Wildman–Crippen MR) is 112 cm³/mol. The quantitative estimate of drug-likeness (QED) is 0.838. The molecule has 7 heteroatoms. The summed E-state index contributed by atoms with van der Waals surface area (Å²) in [6.45, 7) is 8.13. The number of nitrogens with zero attached hydrogens (tertiary/aromatic N) is 5. The van der Waals surface area contributed by atoms with Crippen molar-refractivity contribution in [2.24, 2.45) is 24.3 Å². The molecule has 1 aliphatic carbocycles. The van der Waals surface area contributed by atoms with Gasteiger partial charge in [-0.25, -0.2) is 0 Å². The van der Waals surface area contributed by atoms with E-state index in [9.17, 15) is 0 Å². The van der Waals surface area contributed by atoms with Crippen LogP contribution >= 0.6 is 0 Å². The van der Waals surface area contributed by atoms with Crippen LogP contribution in [0.2, 0.25) is 0 Å². The number of aromatic nitrogens is 4. The van der Waals surface area contributed by atoms with Gasteiger partial charge in [-0.2, -0.15) is 5.10 Å². The second-order valence-corrected chi connectivity index (χ2v) is 9.59. The highest BCUT2D eigenvalue weighted by molar-refractivity contribution is 5.57. The number of hydrogen-bond acceptors (Lipinski definition) is 6. The number of nitrogens with one attached hydrogen (secondary N) is 1. The van der Waals surface area contributed by atoms with Gasteiger partial charge in [0.25, 0.3) is 0 Å². The fraction of sp³-hybridized carbons (Fsp3) is 0.682. The first-order chi connectivity index (χ1) is 14.1. The Kier molecular flexibility index (Phi) is 5.04. The Bertz CT molecular complexity index is 830. The Morgan fingerprint density at radius 2 is 2.10 bits per heavy atom. The number of likely N-dealkylation sites (tertiary alicyclic amines) is 1. The number of fused-ring (bicyclic) bond motifs is 1. The lowest BCUT2D eigenvalue weighted by atomic mass is 9.83. The van der Waals surface area contributed by atoms with Crippen LogP contribution in [0.1, 0.15) is 32.6 Å². The van der Waals surface area contributed by atoms with E-state index in [1.165, 1.54) is 45.3 Å². The molecule has 1 N–H and O–H groups in total. The normalized spacial score (nSPS) is 30.6. The molecule has 0 aromatic carbocycles. The standard InChI is InChI=1S/C22H32N6O/c1-22-10-19(9-18(22)14-28(15-22)12-16-5-7-29-8-6-16)24-21-4-3-20(25-26-21)17-11-23-27(2)13-17/h3-4,11,13,16,18-19H,5-10,12,14-15H2,1-2H3,(H,24,26)/t18-,19+,22+/m1/s1. The van der Waals surface area contributed by atoms with Crippen molar-refractivity contribution in [3.05, 3.63) is 24.5 Å². The highest BCUT2D eigenvalue weighted by Crippen LogP contribution is 2.49. The van der Waals surface area contributed by atoms with Gasteiger partial charge in [-0.3, -0.25) is 4.68 Å². The molecule has 0 amide bonds. The van der Waals surface area contributed by atoms with Crippen LogP contribution < -0.4 is 5.32 Å². The Labute approximate surface area is 172 Å².